The molecule has 4 amide bonds. The van der Waals surface area contributed by atoms with Gasteiger partial charge in [-0.15, -0.1) is 0 Å². The van der Waals surface area contributed by atoms with Crippen LogP contribution in [0, 0.1) is 13.8 Å². The minimum absolute atomic E-state index is 0.207. The van der Waals surface area contributed by atoms with E-state index in [1.165, 1.54) is 6.08 Å². The van der Waals surface area contributed by atoms with E-state index in [-0.39, 0.29) is 17.2 Å². The van der Waals surface area contributed by atoms with Crippen LogP contribution in [-0.2, 0) is 9.59 Å². The Morgan fingerprint density at radius 1 is 1.09 bits per heavy atom. The zero-order valence-corrected chi connectivity index (χ0v) is 18.8. The van der Waals surface area contributed by atoms with Crippen molar-refractivity contribution in [2.24, 2.45) is 0 Å². The largest absolute Gasteiger partial charge is 0.490 e. The van der Waals surface area contributed by atoms with Gasteiger partial charge in [0.1, 0.15) is 12.2 Å². The first kappa shape index (κ1) is 23.1. The highest BCUT2D eigenvalue weighted by Gasteiger charge is 2.37. The number of hydrogen-bond acceptors (Lipinski definition) is 5. The van der Waals surface area contributed by atoms with Crippen LogP contribution in [0.25, 0.3) is 6.08 Å². The monoisotopic (exact) mass is 454 g/mol. The van der Waals surface area contributed by atoms with Crippen LogP contribution in [0.3, 0.4) is 0 Å². The maximum absolute atomic E-state index is 13.1. The van der Waals surface area contributed by atoms with E-state index < -0.39 is 17.8 Å². The molecule has 1 fully saturated rings. The van der Waals surface area contributed by atoms with Gasteiger partial charge in [-0.25, -0.2) is 9.69 Å². The van der Waals surface area contributed by atoms with E-state index in [4.69, 9.17) is 21.1 Å². The average molecular weight is 455 g/mol. The van der Waals surface area contributed by atoms with Crippen molar-refractivity contribution in [3.63, 3.8) is 0 Å². The lowest BCUT2D eigenvalue weighted by Gasteiger charge is -2.27. The van der Waals surface area contributed by atoms with Gasteiger partial charge >= 0.3 is 6.03 Å². The van der Waals surface area contributed by atoms with Crippen LogP contribution >= 0.6 is 11.6 Å². The van der Waals surface area contributed by atoms with Crippen molar-refractivity contribution in [2.75, 3.05) is 18.1 Å². The Kier molecular flexibility index (Phi) is 7.00. The summed E-state index contributed by atoms with van der Waals surface area (Å²) in [6.07, 6.45) is 2.94. The summed E-state index contributed by atoms with van der Waals surface area (Å²) >= 11 is 6.36. The first-order valence-corrected chi connectivity index (χ1v) is 10.3. The van der Waals surface area contributed by atoms with Gasteiger partial charge in [0.15, 0.2) is 11.5 Å². The fourth-order valence-corrected chi connectivity index (χ4v) is 3.41. The Hall–Kier alpha value is -3.58. The molecule has 7 nitrogen and oxygen atoms in total. The SMILES string of the molecule is C=CCOc1c(Cl)cc(/C=C2\C(=O)NC(=O)N(c3ccc(C)c(C)c3)C2=O)cc1OCC. The van der Waals surface area contributed by atoms with E-state index in [0.717, 1.165) is 16.0 Å². The summed E-state index contributed by atoms with van der Waals surface area (Å²) in [6, 6.07) is 7.53. The molecule has 166 valence electrons. The second kappa shape index (κ2) is 9.70. The number of nitrogens with zero attached hydrogens (tertiary/aromatic N) is 1. The molecule has 0 spiro atoms. The van der Waals surface area contributed by atoms with E-state index in [0.29, 0.717) is 29.4 Å². The Bertz CT molecular complexity index is 1140. The number of imide groups is 2. The van der Waals surface area contributed by atoms with Gasteiger partial charge in [-0.3, -0.25) is 14.9 Å². The second-order valence-corrected chi connectivity index (χ2v) is 7.50. The standard InChI is InChI=1S/C24H23ClN2O5/c1-5-9-32-21-19(25)12-16(13-20(21)31-6-2)11-18-22(28)26-24(30)27(23(18)29)17-8-7-14(3)15(4)10-17/h5,7-8,10-13H,1,6,9H2,2-4H3,(H,26,28,30)/b18-11+. The van der Waals surface area contributed by atoms with Gasteiger partial charge in [0, 0.05) is 0 Å². The number of halogens is 1. The van der Waals surface area contributed by atoms with Crippen LogP contribution in [-0.4, -0.2) is 31.1 Å². The number of benzene rings is 2. The lowest BCUT2D eigenvalue weighted by Crippen LogP contribution is -2.54. The summed E-state index contributed by atoms with van der Waals surface area (Å²) in [5.41, 5.74) is 2.53. The Balaban J connectivity index is 2.03. The lowest BCUT2D eigenvalue weighted by molar-refractivity contribution is -0.122. The third-order valence-corrected chi connectivity index (χ3v) is 5.12. The van der Waals surface area contributed by atoms with Gasteiger partial charge < -0.3 is 9.47 Å². The molecule has 1 aliphatic rings. The van der Waals surface area contributed by atoms with Gasteiger partial charge in [0.25, 0.3) is 11.8 Å². The molecule has 32 heavy (non-hydrogen) atoms. The first-order valence-electron chi connectivity index (χ1n) is 9.95. The van der Waals surface area contributed by atoms with E-state index in [2.05, 4.69) is 11.9 Å². The molecule has 3 rings (SSSR count). The highest BCUT2D eigenvalue weighted by molar-refractivity contribution is 6.39. The molecule has 0 atom stereocenters. The van der Waals surface area contributed by atoms with Gasteiger partial charge in [-0.1, -0.05) is 30.3 Å². The molecule has 1 N–H and O–H groups in total. The van der Waals surface area contributed by atoms with Crippen molar-refractivity contribution in [3.8, 4) is 11.5 Å². The molecule has 2 aromatic rings. The third-order valence-electron chi connectivity index (χ3n) is 4.84. The van der Waals surface area contributed by atoms with Crippen LogP contribution in [0.15, 0.2) is 48.6 Å². The maximum Gasteiger partial charge on any atom is 0.335 e. The summed E-state index contributed by atoms with van der Waals surface area (Å²) in [5.74, 6) is -0.828. The van der Waals surface area contributed by atoms with Crippen molar-refractivity contribution in [1.29, 1.82) is 0 Å². The smallest absolute Gasteiger partial charge is 0.335 e. The summed E-state index contributed by atoms with van der Waals surface area (Å²) in [5, 5.41) is 2.46. The summed E-state index contributed by atoms with van der Waals surface area (Å²) in [7, 11) is 0. The van der Waals surface area contributed by atoms with Crippen LogP contribution in [0.1, 0.15) is 23.6 Å². The normalized spacial score (nSPS) is 15.1. The highest BCUT2D eigenvalue weighted by atomic mass is 35.5. The number of carbonyl (C=O) groups is 3. The number of hydrogen-bond donors (Lipinski definition) is 1. The number of amides is 4. The number of nitrogens with one attached hydrogen (secondary N) is 1. The van der Waals surface area contributed by atoms with Crippen molar-refractivity contribution < 1.29 is 23.9 Å². The summed E-state index contributed by atoms with van der Waals surface area (Å²) < 4.78 is 11.2. The van der Waals surface area contributed by atoms with E-state index in [9.17, 15) is 14.4 Å². The highest BCUT2D eigenvalue weighted by Crippen LogP contribution is 2.37. The quantitative estimate of drug-likeness (QED) is 0.376. The van der Waals surface area contributed by atoms with E-state index in [1.807, 2.05) is 20.8 Å². The molecule has 0 aliphatic carbocycles. The molecule has 0 saturated carbocycles. The molecule has 2 aromatic carbocycles. The van der Waals surface area contributed by atoms with Crippen molar-refractivity contribution >= 4 is 41.2 Å². The first-order chi connectivity index (χ1) is 15.3. The summed E-state index contributed by atoms with van der Waals surface area (Å²) in [6.45, 7) is 9.80. The number of rotatable bonds is 7. The molecule has 8 heteroatoms. The number of carbonyl (C=O) groups excluding carboxylic acids is 3. The lowest BCUT2D eigenvalue weighted by atomic mass is 10.0. The zero-order chi connectivity index (χ0) is 23.4. The molecular weight excluding hydrogens is 432 g/mol. The number of barbiturate groups is 1. The minimum Gasteiger partial charge on any atom is -0.490 e. The van der Waals surface area contributed by atoms with Crippen LogP contribution < -0.4 is 19.7 Å². The number of ether oxygens (including phenoxy) is 2. The van der Waals surface area contributed by atoms with Crippen LogP contribution in [0.5, 0.6) is 11.5 Å². The Morgan fingerprint density at radius 3 is 2.50 bits per heavy atom. The maximum atomic E-state index is 13.1. The van der Waals surface area contributed by atoms with Gasteiger partial charge in [0.2, 0.25) is 0 Å². The predicted molar refractivity (Wildman–Crippen MR) is 123 cm³/mol. The van der Waals surface area contributed by atoms with Crippen LogP contribution in [0.2, 0.25) is 5.02 Å². The average Bonchev–Trinajstić information content (AvgIpc) is 2.73. The molecule has 1 saturated heterocycles. The second-order valence-electron chi connectivity index (χ2n) is 7.09. The molecule has 1 aliphatic heterocycles. The van der Waals surface area contributed by atoms with Crippen LogP contribution in [0.4, 0.5) is 10.5 Å². The topological polar surface area (TPSA) is 84.9 Å². The molecule has 0 aromatic heterocycles. The van der Waals surface area contributed by atoms with Crippen molar-refractivity contribution in [1.82, 2.24) is 5.32 Å². The molecular formula is C24H23ClN2O5. The predicted octanol–water partition coefficient (Wildman–Crippen LogP) is 4.59. The van der Waals surface area contributed by atoms with Gasteiger partial charge in [-0.2, -0.15) is 0 Å². The van der Waals surface area contributed by atoms with Crippen molar-refractivity contribution in [2.45, 2.75) is 20.8 Å². The molecule has 1 heterocycles. The zero-order valence-electron chi connectivity index (χ0n) is 18.0. The number of urea groups is 1. The molecule has 0 bridgehead atoms. The number of aryl methyl sites for hydroxylation is 2. The van der Waals surface area contributed by atoms with E-state index in [1.54, 1.807) is 36.4 Å². The fraction of sp³-hybridized carbons (Fsp3) is 0.208. The fourth-order valence-electron chi connectivity index (χ4n) is 3.14. The number of anilines is 1. The van der Waals surface area contributed by atoms with Gasteiger partial charge in [-0.05, 0) is 67.8 Å². The molecule has 0 radical (unpaired) electrons. The third kappa shape index (κ3) is 4.68. The van der Waals surface area contributed by atoms with E-state index >= 15 is 0 Å². The minimum atomic E-state index is -0.804. The Labute approximate surface area is 191 Å². The molecule has 0 unspecified atom stereocenters. The van der Waals surface area contributed by atoms with Crippen molar-refractivity contribution in [3.05, 3.63) is 70.3 Å². The Morgan fingerprint density at radius 2 is 1.84 bits per heavy atom. The van der Waals surface area contributed by atoms with Gasteiger partial charge in [0.05, 0.1) is 17.3 Å². The summed E-state index contributed by atoms with van der Waals surface area (Å²) in [4.78, 5) is 39.0.